The van der Waals surface area contributed by atoms with Crippen LogP contribution in [0.3, 0.4) is 0 Å². The number of hydrogen-bond donors (Lipinski definition) is 1. The number of halogens is 1. The van der Waals surface area contributed by atoms with Crippen molar-refractivity contribution in [2.24, 2.45) is 0 Å². The second-order valence-electron chi connectivity index (χ2n) is 5.92. The number of nitrogens with zero attached hydrogens (tertiary/aromatic N) is 5. The maximum absolute atomic E-state index is 12.4. The zero-order valence-corrected chi connectivity index (χ0v) is 16.5. The van der Waals surface area contributed by atoms with E-state index >= 15 is 0 Å². The predicted molar refractivity (Wildman–Crippen MR) is 106 cm³/mol. The highest BCUT2D eigenvalue weighted by molar-refractivity contribution is 7.99. The first-order valence-corrected chi connectivity index (χ1v) is 9.44. The number of tetrazole rings is 1. The lowest BCUT2D eigenvalue weighted by Gasteiger charge is -2.10. The summed E-state index contributed by atoms with van der Waals surface area (Å²) in [5.74, 6) is -0.413. The van der Waals surface area contributed by atoms with E-state index in [1.54, 1.807) is 44.2 Å². The molecule has 0 radical (unpaired) electrons. The van der Waals surface area contributed by atoms with Crippen LogP contribution in [0.1, 0.15) is 11.1 Å². The summed E-state index contributed by atoms with van der Waals surface area (Å²) in [5, 5.41) is 26.4. The number of nitrogens with one attached hydrogen (secondary N) is 1. The maximum atomic E-state index is 12.4. The minimum atomic E-state index is -0.510. The second kappa shape index (κ2) is 8.36. The van der Waals surface area contributed by atoms with Gasteiger partial charge in [0.25, 0.3) is 5.69 Å². The number of rotatable bonds is 6. The number of amides is 1. The SMILES string of the molecule is Cc1cc(C)c(NC(=O)CSc2nnnn2-c2ccc(Cl)cc2)c([N+](=O)[O-])c1. The largest absolute Gasteiger partial charge is 0.319 e. The topological polar surface area (TPSA) is 116 Å². The van der Waals surface area contributed by atoms with Gasteiger partial charge in [0.05, 0.1) is 16.4 Å². The van der Waals surface area contributed by atoms with Crippen molar-refractivity contribution in [3.05, 3.63) is 62.7 Å². The number of hydrogen-bond acceptors (Lipinski definition) is 7. The summed E-state index contributed by atoms with van der Waals surface area (Å²) < 4.78 is 1.48. The number of benzene rings is 2. The van der Waals surface area contributed by atoms with Gasteiger partial charge < -0.3 is 5.32 Å². The van der Waals surface area contributed by atoms with Crippen molar-refractivity contribution in [3.8, 4) is 5.69 Å². The van der Waals surface area contributed by atoms with Gasteiger partial charge in [0.1, 0.15) is 5.69 Å². The Bertz CT molecular complexity index is 1040. The van der Waals surface area contributed by atoms with Crippen LogP contribution in [0.15, 0.2) is 41.6 Å². The molecule has 1 N–H and O–H groups in total. The van der Waals surface area contributed by atoms with Crippen molar-refractivity contribution in [2.45, 2.75) is 19.0 Å². The van der Waals surface area contributed by atoms with E-state index in [1.807, 2.05) is 0 Å². The van der Waals surface area contributed by atoms with Crippen LogP contribution in [-0.4, -0.2) is 36.8 Å². The van der Waals surface area contributed by atoms with Crippen molar-refractivity contribution in [3.63, 3.8) is 0 Å². The van der Waals surface area contributed by atoms with E-state index in [4.69, 9.17) is 11.6 Å². The van der Waals surface area contributed by atoms with Crippen molar-refractivity contribution in [1.82, 2.24) is 20.2 Å². The molecule has 0 bridgehead atoms. The molecule has 1 amide bonds. The molecular formula is C17H15ClN6O3S. The zero-order valence-electron chi connectivity index (χ0n) is 14.9. The van der Waals surface area contributed by atoms with Gasteiger partial charge in [-0.25, -0.2) is 0 Å². The minimum Gasteiger partial charge on any atom is -0.319 e. The number of anilines is 1. The summed E-state index contributed by atoms with van der Waals surface area (Å²) in [6, 6.07) is 10.1. The molecule has 0 atom stereocenters. The fourth-order valence-electron chi connectivity index (χ4n) is 2.57. The lowest BCUT2D eigenvalue weighted by molar-refractivity contribution is -0.384. The van der Waals surface area contributed by atoms with E-state index in [0.717, 1.165) is 17.3 Å². The molecule has 0 saturated heterocycles. The summed E-state index contributed by atoms with van der Waals surface area (Å²) >= 11 is 7.00. The highest BCUT2D eigenvalue weighted by Crippen LogP contribution is 2.30. The number of nitro groups is 1. The molecule has 0 aliphatic heterocycles. The zero-order chi connectivity index (χ0) is 20.3. The van der Waals surface area contributed by atoms with Crippen LogP contribution in [0.2, 0.25) is 5.02 Å². The fraction of sp³-hybridized carbons (Fsp3) is 0.176. The summed E-state index contributed by atoms with van der Waals surface area (Å²) in [5.41, 5.74) is 2.12. The number of thioether (sulfide) groups is 1. The molecular weight excluding hydrogens is 404 g/mol. The van der Waals surface area contributed by atoms with E-state index in [9.17, 15) is 14.9 Å². The average Bonchev–Trinajstić information content (AvgIpc) is 3.11. The standard InChI is InChI=1S/C17H15ClN6O3S/c1-10-7-11(2)16(14(8-10)24(26)27)19-15(25)9-28-17-20-21-22-23(17)13-5-3-12(18)4-6-13/h3-8H,9H2,1-2H3,(H,19,25). The van der Waals surface area contributed by atoms with Crippen LogP contribution in [0.25, 0.3) is 5.69 Å². The van der Waals surface area contributed by atoms with Gasteiger partial charge in [-0.05, 0) is 59.7 Å². The Balaban J connectivity index is 1.72. The molecule has 0 fully saturated rings. The van der Waals surface area contributed by atoms with E-state index in [0.29, 0.717) is 21.4 Å². The van der Waals surface area contributed by atoms with Crippen molar-refractivity contribution >= 4 is 40.6 Å². The van der Waals surface area contributed by atoms with E-state index in [2.05, 4.69) is 20.8 Å². The van der Waals surface area contributed by atoms with Gasteiger partial charge in [0.15, 0.2) is 0 Å². The molecule has 28 heavy (non-hydrogen) atoms. The summed E-state index contributed by atoms with van der Waals surface area (Å²) in [6.07, 6.45) is 0. The Morgan fingerprint density at radius 1 is 1.29 bits per heavy atom. The van der Waals surface area contributed by atoms with Gasteiger partial charge in [-0.1, -0.05) is 29.4 Å². The lowest BCUT2D eigenvalue weighted by Crippen LogP contribution is -2.16. The van der Waals surface area contributed by atoms with Crippen LogP contribution in [0, 0.1) is 24.0 Å². The first kappa shape index (κ1) is 19.8. The predicted octanol–water partition coefficient (Wildman–Crippen LogP) is 3.57. The molecule has 3 rings (SSSR count). The van der Waals surface area contributed by atoms with Gasteiger partial charge in [-0.3, -0.25) is 14.9 Å². The Morgan fingerprint density at radius 2 is 2.00 bits per heavy atom. The van der Waals surface area contributed by atoms with Crippen LogP contribution in [0.5, 0.6) is 0 Å². The van der Waals surface area contributed by atoms with Gasteiger partial charge in [-0.15, -0.1) is 5.10 Å². The number of carbonyl (C=O) groups is 1. The number of carbonyl (C=O) groups excluding carboxylic acids is 1. The number of aromatic nitrogens is 4. The quantitative estimate of drug-likeness (QED) is 0.369. The molecule has 9 nitrogen and oxygen atoms in total. The van der Waals surface area contributed by atoms with Gasteiger partial charge in [0.2, 0.25) is 11.1 Å². The Morgan fingerprint density at radius 3 is 2.68 bits per heavy atom. The molecule has 0 aliphatic rings. The van der Waals surface area contributed by atoms with Crippen molar-refractivity contribution in [1.29, 1.82) is 0 Å². The van der Waals surface area contributed by atoms with E-state index < -0.39 is 10.8 Å². The number of nitro benzene ring substituents is 1. The van der Waals surface area contributed by atoms with E-state index in [-0.39, 0.29) is 17.1 Å². The Kier molecular flexibility index (Phi) is 5.90. The summed E-state index contributed by atoms with van der Waals surface area (Å²) in [7, 11) is 0. The number of aryl methyl sites for hydroxylation is 2. The fourth-order valence-corrected chi connectivity index (χ4v) is 3.39. The smallest absolute Gasteiger partial charge is 0.293 e. The van der Waals surface area contributed by atoms with Gasteiger partial charge >= 0.3 is 0 Å². The Hall–Kier alpha value is -2.98. The van der Waals surface area contributed by atoms with Crippen LogP contribution in [-0.2, 0) is 4.79 Å². The third-order valence-corrected chi connectivity index (χ3v) is 4.94. The monoisotopic (exact) mass is 418 g/mol. The molecule has 2 aromatic carbocycles. The Labute approximate surface area is 169 Å². The van der Waals surface area contributed by atoms with Crippen LogP contribution >= 0.6 is 23.4 Å². The van der Waals surface area contributed by atoms with Gasteiger partial charge in [-0.2, -0.15) is 4.68 Å². The van der Waals surface area contributed by atoms with Gasteiger partial charge in [0, 0.05) is 11.1 Å². The third kappa shape index (κ3) is 4.46. The lowest BCUT2D eigenvalue weighted by atomic mass is 10.1. The molecule has 0 saturated carbocycles. The highest BCUT2D eigenvalue weighted by Gasteiger charge is 2.20. The highest BCUT2D eigenvalue weighted by atomic mass is 35.5. The van der Waals surface area contributed by atoms with Crippen molar-refractivity contribution in [2.75, 3.05) is 11.1 Å². The average molecular weight is 419 g/mol. The van der Waals surface area contributed by atoms with Crippen molar-refractivity contribution < 1.29 is 9.72 Å². The molecule has 0 aliphatic carbocycles. The minimum absolute atomic E-state index is 0.0154. The third-order valence-electron chi connectivity index (χ3n) is 3.76. The first-order chi connectivity index (χ1) is 13.3. The molecule has 0 spiro atoms. The van der Waals surface area contributed by atoms with E-state index in [1.165, 1.54) is 10.7 Å². The molecule has 1 aromatic heterocycles. The molecule has 144 valence electrons. The summed E-state index contributed by atoms with van der Waals surface area (Å²) in [6.45, 7) is 3.47. The molecule has 1 heterocycles. The first-order valence-electron chi connectivity index (χ1n) is 8.08. The second-order valence-corrected chi connectivity index (χ2v) is 7.30. The molecule has 3 aromatic rings. The molecule has 11 heteroatoms. The normalized spacial score (nSPS) is 10.7. The maximum Gasteiger partial charge on any atom is 0.293 e. The van der Waals surface area contributed by atoms with Crippen LogP contribution < -0.4 is 5.32 Å². The molecule has 0 unspecified atom stereocenters. The van der Waals surface area contributed by atoms with Crippen LogP contribution in [0.4, 0.5) is 11.4 Å². The summed E-state index contributed by atoms with van der Waals surface area (Å²) in [4.78, 5) is 23.1.